The van der Waals surface area contributed by atoms with E-state index in [-0.39, 0.29) is 51.4 Å². The Kier molecular flexibility index (Phi) is 7.34. The summed E-state index contributed by atoms with van der Waals surface area (Å²) in [6, 6.07) is 7.86. The van der Waals surface area contributed by atoms with Crippen molar-refractivity contribution in [3.05, 3.63) is 71.5 Å². The van der Waals surface area contributed by atoms with E-state index >= 15 is 0 Å². The number of hydrogen-bond acceptors (Lipinski definition) is 2. The van der Waals surface area contributed by atoms with Crippen LogP contribution in [0.15, 0.2) is 65.6 Å². The molecule has 0 saturated heterocycles. The zero-order chi connectivity index (χ0) is 12.8. The van der Waals surface area contributed by atoms with Gasteiger partial charge in [-0.1, -0.05) is 12.2 Å². The van der Waals surface area contributed by atoms with Crippen molar-refractivity contribution in [3.8, 4) is 5.75 Å². The van der Waals surface area contributed by atoms with Gasteiger partial charge in [0, 0.05) is 11.9 Å². The zero-order valence-corrected chi connectivity index (χ0v) is 14.6. The number of hydrogen-bond donors (Lipinski definition) is 0. The van der Waals surface area contributed by atoms with E-state index in [0.29, 0.717) is 0 Å². The first-order valence-electron chi connectivity index (χ1n) is 5.71. The van der Waals surface area contributed by atoms with E-state index < -0.39 is 0 Å². The summed E-state index contributed by atoms with van der Waals surface area (Å²) in [4.78, 5) is 4.44. The van der Waals surface area contributed by atoms with Crippen LogP contribution in [0.2, 0.25) is 0 Å². The normalized spacial score (nSPS) is 13.6. The molecular weight excluding hydrogens is 263 g/mol. The van der Waals surface area contributed by atoms with E-state index in [1.54, 1.807) is 19.5 Å². The standard InChI is InChI=1S/C15H15N2O.K/c1-12(14-3-5-15(18-2)6-4-14)17-11-13-7-9-16-10-8-13;/h3-11H,1-2H3;/q-1;+1. The summed E-state index contributed by atoms with van der Waals surface area (Å²) < 4.78 is 5.12. The molecule has 92 valence electrons. The van der Waals surface area contributed by atoms with E-state index in [0.717, 1.165) is 22.6 Å². The molecule has 0 unspecified atom stereocenters. The van der Waals surface area contributed by atoms with Crippen LogP contribution < -0.4 is 56.1 Å². The average molecular weight is 278 g/mol. The molecule has 19 heavy (non-hydrogen) atoms. The van der Waals surface area contributed by atoms with Crippen LogP contribution >= 0.6 is 0 Å². The minimum absolute atomic E-state index is 0. The van der Waals surface area contributed by atoms with Crippen molar-refractivity contribution < 1.29 is 56.1 Å². The molecular formula is C15H15KN2O. The molecule has 0 radical (unpaired) electrons. The summed E-state index contributed by atoms with van der Waals surface area (Å²) >= 11 is 0. The predicted octanol–water partition coefficient (Wildman–Crippen LogP) is 0.807. The maximum Gasteiger partial charge on any atom is 1.00 e. The molecule has 0 fully saturated rings. The van der Waals surface area contributed by atoms with Gasteiger partial charge in [-0.3, -0.25) is 4.99 Å². The van der Waals surface area contributed by atoms with Gasteiger partial charge in [0.25, 0.3) is 0 Å². The van der Waals surface area contributed by atoms with Crippen LogP contribution in [0.5, 0.6) is 5.75 Å². The van der Waals surface area contributed by atoms with E-state index in [1.807, 2.05) is 49.5 Å². The van der Waals surface area contributed by atoms with Crippen molar-refractivity contribution in [2.24, 2.45) is 4.99 Å². The van der Waals surface area contributed by atoms with Crippen molar-refractivity contribution >= 4 is 5.71 Å². The van der Waals surface area contributed by atoms with Crippen LogP contribution in [0.1, 0.15) is 12.5 Å². The van der Waals surface area contributed by atoms with Crippen molar-refractivity contribution in [2.75, 3.05) is 7.11 Å². The third-order valence-corrected chi connectivity index (χ3v) is 2.62. The number of ether oxygens (including phenoxy) is 1. The molecule has 1 aromatic carbocycles. The first kappa shape index (κ1) is 16.4. The molecule has 2 rings (SSSR count). The summed E-state index contributed by atoms with van der Waals surface area (Å²) in [5.41, 5.74) is 3.09. The predicted molar refractivity (Wildman–Crippen MR) is 74.9 cm³/mol. The first-order chi connectivity index (χ1) is 8.79. The molecule has 4 heteroatoms. The third-order valence-electron chi connectivity index (χ3n) is 2.62. The number of rotatable bonds is 3. The molecule has 0 spiro atoms. The fourth-order valence-corrected chi connectivity index (χ4v) is 1.53. The second-order valence-corrected chi connectivity index (χ2v) is 3.85. The van der Waals surface area contributed by atoms with Gasteiger partial charge in [-0.25, -0.2) is 0 Å². The molecule has 3 nitrogen and oxygen atoms in total. The maximum atomic E-state index is 5.12. The van der Waals surface area contributed by atoms with E-state index in [1.165, 1.54) is 0 Å². The quantitative estimate of drug-likeness (QED) is 0.595. The molecule has 0 aromatic heterocycles. The molecule has 1 aromatic rings. The van der Waals surface area contributed by atoms with Crippen molar-refractivity contribution in [3.63, 3.8) is 0 Å². The molecule has 0 aliphatic carbocycles. The number of allylic oxidation sites excluding steroid dienone is 3. The Morgan fingerprint density at radius 2 is 1.79 bits per heavy atom. The Bertz CT molecular complexity index is 514. The smallest absolute Gasteiger partial charge is 0.670 e. The van der Waals surface area contributed by atoms with E-state index in [9.17, 15) is 0 Å². The summed E-state index contributed by atoms with van der Waals surface area (Å²) in [6.45, 7) is 1.99. The Labute approximate surface area is 156 Å². The van der Waals surface area contributed by atoms with Crippen molar-refractivity contribution in [1.29, 1.82) is 0 Å². The topological polar surface area (TPSA) is 35.7 Å². The van der Waals surface area contributed by atoms with Gasteiger partial charge in [-0.2, -0.15) is 12.4 Å². The molecule has 0 bridgehead atoms. The maximum absolute atomic E-state index is 5.12. The van der Waals surface area contributed by atoms with Gasteiger partial charge in [-0.05, 0) is 42.3 Å². The van der Waals surface area contributed by atoms with Crippen LogP contribution in [0.25, 0.3) is 5.32 Å². The SMILES string of the molecule is COc1ccc(C(C)=NC=C2C=C[N-]C=C2)cc1.[K+]. The second-order valence-electron chi connectivity index (χ2n) is 3.85. The number of methoxy groups -OCH3 is 1. The largest absolute Gasteiger partial charge is 1.00 e. The zero-order valence-electron chi connectivity index (χ0n) is 11.5. The van der Waals surface area contributed by atoms with Gasteiger partial charge in [0.1, 0.15) is 5.75 Å². The Balaban J connectivity index is 0.00000180. The minimum atomic E-state index is 0. The van der Waals surface area contributed by atoms with Crippen molar-refractivity contribution in [1.82, 2.24) is 0 Å². The van der Waals surface area contributed by atoms with Gasteiger partial charge in [0.2, 0.25) is 0 Å². The van der Waals surface area contributed by atoms with Crippen LogP contribution in [-0.4, -0.2) is 12.8 Å². The molecule has 0 saturated carbocycles. The minimum Gasteiger partial charge on any atom is -0.670 e. The van der Waals surface area contributed by atoms with E-state index in [2.05, 4.69) is 10.3 Å². The van der Waals surface area contributed by atoms with E-state index in [4.69, 9.17) is 4.74 Å². The fraction of sp³-hybridized carbons (Fsp3) is 0.133. The molecule has 0 atom stereocenters. The molecule has 0 N–H and O–H groups in total. The molecule has 0 amide bonds. The van der Waals surface area contributed by atoms with Gasteiger partial charge >= 0.3 is 51.4 Å². The monoisotopic (exact) mass is 278 g/mol. The summed E-state index contributed by atoms with van der Waals surface area (Å²) in [5, 5.41) is 3.97. The summed E-state index contributed by atoms with van der Waals surface area (Å²) in [7, 11) is 1.66. The van der Waals surface area contributed by atoms with Gasteiger partial charge in [0.15, 0.2) is 0 Å². The Morgan fingerprint density at radius 1 is 1.16 bits per heavy atom. The van der Waals surface area contributed by atoms with Crippen LogP contribution in [0.3, 0.4) is 0 Å². The number of nitrogens with zero attached hydrogens (tertiary/aromatic N) is 2. The first-order valence-corrected chi connectivity index (χ1v) is 5.71. The molecule has 1 heterocycles. The molecule has 1 aliphatic heterocycles. The molecule has 1 aliphatic rings. The van der Waals surface area contributed by atoms with Gasteiger partial charge in [-0.15, -0.1) is 0 Å². The number of aliphatic imine (C=N–C) groups is 1. The van der Waals surface area contributed by atoms with Crippen LogP contribution in [0.4, 0.5) is 0 Å². The number of benzene rings is 1. The van der Waals surface area contributed by atoms with Crippen molar-refractivity contribution in [2.45, 2.75) is 6.92 Å². The summed E-state index contributed by atoms with van der Waals surface area (Å²) in [5.74, 6) is 0.852. The Morgan fingerprint density at radius 3 is 2.37 bits per heavy atom. The van der Waals surface area contributed by atoms with Crippen LogP contribution in [0, 0.1) is 0 Å². The van der Waals surface area contributed by atoms with Gasteiger partial charge in [0.05, 0.1) is 7.11 Å². The second kappa shape index (κ2) is 8.50. The third kappa shape index (κ3) is 5.08. The van der Waals surface area contributed by atoms with Crippen LogP contribution in [-0.2, 0) is 0 Å². The fourth-order valence-electron chi connectivity index (χ4n) is 1.53. The average Bonchev–Trinajstić information content (AvgIpc) is 2.46. The Hall–Kier alpha value is -0.654. The van der Waals surface area contributed by atoms with Gasteiger partial charge < -0.3 is 10.1 Å². The summed E-state index contributed by atoms with van der Waals surface area (Å²) in [6.07, 6.45) is 9.19.